The topological polar surface area (TPSA) is 26.0 Å². The van der Waals surface area contributed by atoms with Crippen LogP contribution in [0, 0.1) is 6.92 Å². The van der Waals surface area contributed by atoms with Crippen molar-refractivity contribution in [3.05, 3.63) is 56.0 Å². The normalized spacial score (nSPS) is 16.3. The summed E-state index contributed by atoms with van der Waals surface area (Å²) in [5.41, 5.74) is 8.42. The van der Waals surface area contributed by atoms with Crippen LogP contribution in [-0.2, 0) is 6.54 Å². The zero-order chi connectivity index (χ0) is 14.4. The Kier molecular flexibility index (Phi) is 3.79. The molecule has 0 saturated carbocycles. The fraction of sp³-hybridized carbons (Fsp3) is 0.125. The second-order valence-corrected chi connectivity index (χ2v) is 9.51. The highest BCUT2D eigenvalue weighted by Crippen LogP contribution is 2.61. The SMILES string of the molecule is Cc1c(CN)ccc2c1SC(=C1Sc3ccccc3S1)S2. The van der Waals surface area contributed by atoms with Gasteiger partial charge in [-0.2, -0.15) is 0 Å². The third-order valence-corrected chi connectivity index (χ3v) is 9.30. The molecule has 0 saturated heterocycles. The second-order valence-electron chi connectivity index (χ2n) is 4.81. The number of hydrogen-bond donors (Lipinski definition) is 1. The van der Waals surface area contributed by atoms with Gasteiger partial charge in [-0.25, -0.2) is 0 Å². The van der Waals surface area contributed by atoms with E-state index in [1.165, 1.54) is 39.2 Å². The molecule has 0 atom stereocenters. The largest absolute Gasteiger partial charge is 0.326 e. The highest BCUT2D eigenvalue weighted by atomic mass is 32.2. The molecule has 1 nitrogen and oxygen atoms in total. The van der Waals surface area contributed by atoms with Crippen molar-refractivity contribution in [2.45, 2.75) is 33.1 Å². The first-order chi connectivity index (χ1) is 10.3. The average Bonchev–Trinajstić information content (AvgIpc) is 3.11. The Morgan fingerprint density at radius 1 is 0.810 bits per heavy atom. The van der Waals surface area contributed by atoms with E-state index in [9.17, 15) is 0 Å². The molecule has 2 aromatic carbocycles. The van der Waals surface area contributed by atoms with Crippen LogP contribution in [0.25, 0.3) is 0 Å². The van der Waals surface area contributed by atoms with Crippen molar-refractivity contribution in [2.75, 3.05) is 0 Å². The van der Waals surface area contributed by atoms with Crippen LogP contribution in [0.5, 0.6) is 0 Å². The minimum atomic E-state index is 0.616. The molecule has 0 aromatic heterocycles. The van der Waals surface area contributed by atoms with Gasteiger partial charge in [0, 0.05) is 26.1 Å². The van der Waals surface area contributed by atoms with Crippen LogP contribution >= 0.6 is 47.0 Å². The molecular formula is C16H13NS4. The fourth-order valence-electron chi connectivity index (χ4n) is 2.36. The third kappa shape index (κ3) is 2.45. The van der Waals surface area contributed by atoms with Gasteiger partial charge >= 0.3 is 0 Å². The van der Waals surface area contributed by atoms with Gasteiger partial charge in [0.15, 0.2) is 0 Å². The molecule has 2 N–H and O–H groups in total. The number of rotatable bonds is 1. The van der Waals surface area contributed by atoms with Crippen molar-refractivity contribution >= 4 is 47.0 Å². The zero-order valence-electron chi connectivity index (χ0n) is 11.4. The van der Waals surface area contributed by atoms with Gasteiger partial charge in [-0.1, -0.05) is 65.2 Å². The number of hydrogen-bond acceptors (Lipinski definition) is 5. The van der Waals surface area contributed by atoms with E-state index in [0.29, 0.717) is 6.54 Å². The number of nitrogens with two attached hydrogens (primary N) is 1. The Hall–Kier alpha value is -0.460. The average molecular weight is 348 g/mol. The molecular weight excluding hydrogens is 334 g/mol. The van der Waals surface area contributed by atoms with Crippen molar-refractivity contribution < 1.29 is 0 Å². The maximum absolute atomic E-state index is 5.82. The maximum Gasteiger partial charge on any atom is 0.0706 e. The van der Waals surface area contributed by atoms with E-state index >= 15 is 0 Å². The quantitative estimate of drug-likeness (QED) is 0.716. The van der Waals surface area contributed by atoms with E-state index in [2.05, 4.69) is 43.3 Å². The minimum Gasteiger partial charge on any atom is -0.326 e. The summed E-state index contributed by atoms with van der Waals surface area (Å²) >= 11 is 7.60. The number of fused-ring (bicyclic) bond motifs is 2. The molecule has 2 aliphatic rings. The van der Waals surface area contributed by atoms with Gasteiger partial charge in [0.25, 0.3) is 0 Å². The molecule has 2 aliphatic heterocycles. The maximum atomic E-state index is 5.82. The van der Waals surface area contributed by atoms with Gasteiger partial charge in [0.1, 0.15) is 0 Å². The Morgan fingerprint density at radius 2 is 1.43 bits per heavy atom. The Labute approximate surface area is 141 Å². The highest BCUT2D eigenvalue weighted by Gasteiger charge is 2.27. The van der Waals surface area contributed by atoms with E-state index in [0.717, 1.165) is 0 Å². The molecule has 2 aromatic rings. The van der Waals surface area contributed by atoms with Crippen LogP contribution in [0.2, 0.25) is 0 Å². The van der Waals surface area contributed by atoms with E-state index in [1.54, 1.807) is 0 Å². The molecule has 0 aliphatic carbocycles. The van der Waals surface area contributed by atoms with E-state index in [1.807, 2.05) is 47.0 Å². The molecule has 0 bridgehead atoms. The predicted molar refractivity (Wildman–Crippen MR) is 96.0 cm³/mol. The molecule has 106 valence electrons. The third-order valence-electron chi connectivity index (χ3n) is 3.52. The van der Waals surface area contributed by atoms with Crippen LogP contribution < -0.4 is 5.73 Å². The van der Waals surface area contributed by atoms with Crippen LogP contribution in [0.4, 0.5) is 0 Å². The first-order valence-electron chi connectivity index (χ1n) is 6.63. The summed E-state index contributed by atoms with van der Waals surface area (Å²) < 4.78 is 2.82. The lowest BCUT2D eigenvalue weighted by Gasteiger charge is -2.06. The number of benzene rings is 2. The zero-order valence-corrected chi connectivity index (χ0v) is 14.6. The monoisotopic (exact) mass is 347 g/mol. The van der Waals surface area contributed by atoms with Gasteiger partial charge in [-0.3, -0.25) is 0 Å². The minimum absolute atomic E-state index is 0.616. The summed E-state index contributed by atoms with van der Waals surface area (Å²) in [5.74, 6) is 0. The first-order valence-corrected chi connectivity index (χ1v) is 9.90. The molecule has 5 heteroatoms. The van der Waals surface area contributed by atoms with Gasteiger partial charge in [-0.05, 0) is 36.2 Å². The number of thioether (sulfide) groups is 4. The molecule has 0 unspecified atom stereocenters. The molecule has 21 heavy (non-hydrogen) atoms. The Balaban J connectivity index is 1.69. The summed E-state index contributed by atoms with van der Waals surface area (Å²) in [6, 6.07) is 13.0. The van der Waals surface area contributed by atoms with E-state index in [4.69, 9.17) is 5.73 Å². The van der Waals surface area contributed by atoms with Crippen LogP contribution in [-0.4, -0.2) is 0 Å². The van der Waals surface area contributed by atoms with Crippen LogP contribution in [0.3, 0.4) is 0 Å². The van der Waals surface area contributed by atoms with Crippen molar-refractivity contribution in [2.24, 2.45) is 5.73 Å². The van der Waals surface area contributed by atoms with Crippen molar-refractivity contribution in [1.29, 1.82) is 0 Å². The summed E-state index contributed by atoms with van der Waals surface area (Å²) in [4.78, 5) is 5.51. The Bertz CT molecular complexity index is 740. The predicted octanol–water partition coefficient (Wildman–Crippen LogP) is 5.68. The van der Waals surface area contributed by atoms with E-state index in [-0.39, 0.29) is 0 Å². The summed E-state index contributed by atoms with van der Waals surface area (Å²) in [6.45, 7) is 2.80. The van der Waals surface area contributed by atoms with Crippen molar-refractivity contribution in [3.63, 3.8) is 0 Å². The molecule has 0 fully saturated rings. The molecule has 2 heterocycles. The van der Waals surface area contributed by atoms with Gasteiger partial charge < -0.3 is 5.73 Å². The van der Waals surface area contributed by atoms with Crippen LogP contribution in [0.1, 0.15) is 11.1 Å². The Morgan fingerprint density at radius 3 is 2.10 bits per heavy atom. The smallest absolute Gasteiger partial charge is 0.0706 e. The van der Waals surface area contributed by atoms with Gasteiger partial charge in [-0.15, -0.1) is 0 Å². The van der Waals surface area contributed by atoms with Gasteiger partial charge in [0.05, 0.1) is 8.47 Å². The lowest BCUT2D eigenvalue weighted by molar-refractivity contribution is 1.01. The molecule has 0 amide bonds. The second kappa shape index (κ2) is 5.63. The summed E-state index contributed by atoms with van der Waals surface area (Å²) in [7, 11) is 0. The first kappa shape index (κ1) is 14.2. The standard InChI is InChI=1S/C16H13NS4/c1-9-10(8-17)6-7-13-14(9)21-16(20-13)15-18-11-4-2-3-5-12(11)19-15/h2-7H,8,17H2,1H3. The highest BCUT2D eigenvalue weighted by molar-refractivity contribution is 8.30. The fourth-order valence-corrected chi connectivity index (χ4v) is 7.83. The van der Waals surface area contributed by atoms with Crippen LogP contribution in [0.15, 0.2) is 64.5 Å². The summed E-state index contributed by atoms with van der Waals surface area (Å²) in [5, 5.41) is 0. The van der Waals surface area contributed by atoms with Crippen molar-refractivity contribution in [3.8, 4) is 0 Å². The molecule has 4 rings (SSSR count). The van der Waals surface area contributed by atoms with E-state index < -0.39 is 0 Å². The lowest BCUT2D eigenvalue weighted by atomic mass is 10.1. The summed E-state index contributed by atoms with van der Waals surface area (Å²) in [6.07, 6.45) is 0. The lowest BCUT2D eigenvalue weighted by Crippen LogP contribution is -1.99. The molecule has 0 spiro atoms. The van der Waals surface area contributed by atoms with Crippen molar-refractivity contribution in [1.82, 2.24) is 0 Å². The molecule has 0 radical (unpaired) electrons. The van der Waals surface area contributed by atoms with Gasteiger partial charge in [0.2, 0.25) is 0 Å².